The van der Waals surface area contributed by atoms with Crippen LogP contribution in [-0.4, -0.2) is 22.2 Å². The Morgan fingerprint density at radius 2 is 2.00 bits per heavy atom. The zero-order valence-corrected chi connectivity index (χ0v) is 14.7. The number of anilines is 1. The Morgan fingerprint density at radius 1 is 1.23 bits per heavy atom. The van der Waals surface area contributed by atoms with Crippen LogP contribution in [0.5, 0.6) is 0 Å². The summed E-state index contributed by atoms with van der Waals surface area (Å²) in [5, 5.41) is 4.48. The van der Waals surface area contributed by atoms with Crippen molar-refractivity contribution in [2.45, 2.75) is 11.7 Å². The number of rotatable bonds is 4. The number of amidine groups is 1. The van der Waals surface area contributed by atoms with Crippen molar-refractivity contribution < 1.29 is 18.4 Å². The van der Waals surface area contributed by atoms with Crippen molar-refractivity contribution >= 4 is 51.7 Å². The lowest BCUT2D eigenvalue weighted by molar-refractivity contribution is -0.122. The molecule has 26 heavy (non-hydrogen) atoms. The van der Waals surface area contributed by atoms with Gasteiger partial charge in [0.1, 0.15) is 16.9 Å². The van der Waals surface area contributed by atoms with Crippen LogP contribution in [0, 0.1) is 11.6 Å². The second-order valence-electron chi connectivity index (χ2n) is 5.34. The largest absolute Gasteiger partial charge is 0.324 e. The highest BCUT2D eigenvalue weighted by Crippen LogP contribution is 2.27. The van der Waals surface area contributed by atoms with E-state index in [2.05, 4.69) is 15.6 Å². The van der Waals surface area contributed by atoms with E-state index >= 15 is 0 Å². The number of aliphatic imine (C=N–C) groups is 1. The second-order valence-corrected chi connectivity index (χ2v) is 6.94. The topological polar surface area (TPSA) is 70.6 Å². The third kappa shape index (κ3) is 4.39. The Labute approximate surface area is 156 Å². The van der Waals surface area contributed by atoms with Crippen LogP contribution in [-0.2, 0) is 9.59 Å². The van der Waals surface area contributed by atoms with Crippen LogP contribution in [0.2, 0.25) is 5.02 Å². The van der Waals surface area contributed by atoms with Crippen molar-refractivity contribution in [1.82, 2.24) is 5.32 Å². The molecular formula is C17H12ClF2N3O2S. The van der Waals surface area contributed by atoms with Gasteiger partial charge >= 0.3 is 0 Å². The van der Waals surface area contributed by atoms with Crippen LogP contribution < -0.4 is 10.6 Å². The third-order valence-electron chi connectivity index (χ3n) is 3.43. The summed E-state index contributed by atoms with van der Waals surface area (Å²) in [6.45, 7) is 0. The smallest absolute Gasteiger partial charge is 0.240 e. The van der Waals surface area contributed by atoms with Crippen molar-refractivity contribution in [2.75, 3.05) is 5.32 Å². The van der Waals surface area contributed by atoms with Crippen molar-refractivity contribution in [1.29, 1.82) is 0 Å². The first-order valence-electron chi connectivity index (χ1n) is 7.48. The van der Waals surface area contributed by atoms with Gasteiger partial charge in [-0.05, 0) is 30.3 Å². The number of hydrogen-bond donors (Lipinski definition) is 2. The van der Waals surface area contributed by atoms with Gasteiger partial charge in [0, 0.05) is 6.42 Å². The molecule has 2 aromatic carbocycles. The van der Waals surface area contributed by atoms with Crippen LogP contribution in [0.25, 0.3) is 0 Å². The molecule has 0 bridgehead atoms. The maximum absolute atomic E-state index is 13.5. The maximum atomic E-state index is 13.5. The summed E-state index contributed by atoms with van der Waals surface area (Å²) >= 11 is 6.76. The predicted octanol–water partition coefficient (Wildman–Crippen LogP) is 3.87. The quantitative estimate of drug-likeness (QED) is 0.825. The number of para-hydroxylation sites is 1. The van der Waals surface area contributed by atoms with E-state index in [0.717, 1.165) is 11.8 Å². The fourth-order valence-electron chi connectivity index (χ4n) is 2.20. The third-order valence-corrected chi connectivity index (χ3v) is 4.80. The molecule has 2 aromatic rings. The van der Waals surface area contributed by atoms with Gasteiger partial charge in [-0.15, -0.1) is 0 Å². The fourth-order valence-corrected chi connectivity index (χ4v) is 3.36. The summed E-state index contributed by atoms with van der Waals surface area (Å²) in [6.07, 6.45) is -0.145. The molecule has 2 amide bonds. The maximum Gasteiger partial charge on any atom is 0.240 e. The Balaban J connectivity index is 1.64. The Morgan fingerprint density at radius 3 is 2.73 bits per heavy atom. The minimum atomic E-state index is -0.698. The zero-order chi connectivity index (χ0) is 18.7. The van der Waals surface area contributed by atoms with Gasteiger partial charge in [0.05, 0.1) is 16.4 Å². The zero-order valence-electron chi connectivity index (χ0n) is 13.1. The van der Waals surface area contributed by atoms with Crippen LogP contribution in [0.4, 0.5) is 20.2 Å². The van der Waals surface area contributed by atoms with E-state index in [1.807, 2.05) is 0 Å². The van der Waals surface area contributed by atoms with Gasteiger partial charge in [0.15, 0.2) is 5.17 Å². The summed E-state index contributed by atoms with van der Waals surface area (Å²) in [4.78, 5) is 28.2. The minimum Gasteiger partial charge on any atom is -0.324 e. The molecule has 1 saturated heterocycles. The first-order valence-corrected chi connectivity index (χ1v) is 8.74. The molecule has 1 atom stereocenters. The first-order chi connectivity index (χ1) is 12.4. The number of amides is 2. The van der Waals surface area contributed by atoms with E-state index in [1.165, 1.54) is 36.4 Å². The van der Waals surface area contributed by atoms with Gasteiger partial charge in [-0.25, -0.2) is 13.8 Å². The molecule has 1 aliphatic rings. The van der Waals surface area contributed by atoms with Gasteiger partial charge in [-0.1, -0.05) is 35.5 Å². The van der Waals surface area contributed by atoms with E-state index in [1.54, 1.807) is 6.07 Å². The van der Waals surface area contributed by atoms with Gasteiger partial charge < -0.3 is 10.6 Å². The predicted molar refractivity (Wildman–Crippen MR) is 97.7 cm³/mol. The molecule has 0 unspecified atom stereocenters. The van der Waals surface area contributed by atoms with E-state index in [-0.39, 0.29) is 28.2 Å². The van der Waals surface area contributed by atoms with Crippen LogP contribution in [0.15, 0.2) is 47.5 Å². The molecule has 0 aromatic heterocycles. The molecule has 2 N–H and O–H groups in total. The minimum absolute atomic E-state index is 0.0516. The molecule has 3 rings (SSSR count). The van der Waals surface area contributed by atoms with Gasteiger partial charge in [0.25, 0.3) is 0 Å². The van der Waals surface area contributed by atoms with Gasteiger partial charge in [0.2, 0.25) is 11.8 Å². The van der Waals surface area contributed by atoms with Crippen molar-refractivity contribution in [2.24, 2.45) is 4.99 Å². The molecule has 1 fully saturated rings. The number of carbonyl (C=O) groups excluding carboxylic acids is 2. The highest BCUT2D eigenvalue weighted by molar-refractivity contribution is 8.15. The highest BCUT2D eigenvalue weighted by Gasteiger charge is 2.32. The molecule has 9 heteroatoms. The van der Waals surface area contributed by atoms with E-state index in [9.17, 15) is 18.4 Å². The molecule has 134 valence electrons. The first kappa shape index (κ1) is 18.3. The standard InChI is InChI=1S/C17H12ClF2N3O2S/c18-10-7-9(5-6-11(10)19)21-17-23-16(25)14(26-17)8-15(24)22-13-4-2-1-3-12(13)20/h1-7,14H,8H2,(H,22,24)(H,21,23,25)/t14-/m1/s1. The summed E-state index contributed by atoms with van der Waals surface area (Å²) in [5.74, 6) is -2.00. The molecule has 0 spiro atoms. The Hall–Kier alpha value is -2.45. The molecule has 0 saturated carbocycles. The normalized spacial score (nSPS) is 18.0. The molecule has 0 radical (unpaired) electrons. The van der Waals surface area contributed by atoms with Crippen LogP contribution in [0.3, 0.4) is 0 Å². The molecule has 0 aliphatic carbocycles. The summed E-state index contributed by atoms with van der Waals surface area (Å²) in [5.41, 5.74) is 0.423. The fraction of sp³-hybridized carbons (Fsp3) is 0.118. The summed E-state index contributed by atoms with van der Waals surface area (Å²) < 4.78 is 26.7. The monoisotopic (exact) mass is 395 g/mol. The lowest BCUT2D eigenvalue weighted by atomic mass is 10.2. The summed E-state index contributed by atoms with van der Waals surface area (Å²) in [7, 11) is 0. The van der Waals surface area contributed by atoms with Crippen molar-refractivity contribution in [3.05, 3.63) is 59.1 Å². The lowest BCUT2D eigenvalue weighted by Crippen LogP contribution is -2.28. The second kappa shape index (κ2) is 7.84. The SMILES string of the molecule is O=C(C[C@H]1SC(=Nc2ccc(F)c(Cl)c2)NC1=O)Nc1ccccc1F. The number of benzene rings is 2. The molecule has 1 heterocycles. The van der Waals surface area contributed by atoms with E-state index in [4.69, 9.17) is 11.6 Å². The Bertz CT molecular complexity index is 907. The Kier molecular flexibility index (Phi) is 5.53. The number of halogens is 3. The highest BCUT2D eigenvalue weighted by atomic mass is 35.5. The van der Waals surface area contributed by atoms with Crippen molar-refractivity contribution in [3.8, 4) is 0 Å². The number of carbonyl (C=O) groups is 2. The number of thioether (sulfide) groups is 1. The number of nitrogens with zero attached hydrogens (tertiary/aromatic N) is 1. The van der Waals surface area contributed by atoms with E-state index < -0.39 is 22.8 Å². The van der Waals surface area contributed by atoms with E-state index in [0.29, 0.717) is 5.69 Å². The average molecular weight is 396 g/mol. The number of nitrogens with one attached hydrogen (secondary N) is 2. The van der Waals surface area contributed by atoms with Crippen LogP contribution >= 0.6 is 23.4 Å². The van der Waals surface area contributed by atoms with Crippen molar-refractivity contribution in [3.63, 3.8) is 0 Å². The van der Waals surface area contributed by atoms with Gasteiger partial charge in [-0.2, -0.15) is 0 Å². The van der Waals surface area contributed by atoms with Gasteiger partial charge in [-0.3, -0.25) is 9.59 Å². The lowest BCUT2D eigenvalue weighted by Gasteiger charge is -2.08. The molecular weight excluding hydrogens is 384 g/mol. The molecule has 5 nitrogen and oxygen atoms in total. The summed E-state index contributed by atoms with van der Waals surface area (Å²) in [6, 6.07) is 9.67. The number of hydrogen-bond acceptors (Lipinski definition) is 4. The average Bonchev–Trinajstić information content (AvgIpc) is 2.92. The molecule has 1 aliphatic heterocycles. The van der Waals surface area contributed by atoms with Crippen LogP contribution in [0.1, 0.15) is 6.42 Å².